The average Bonchev–Trinajstić information content (AvgIpc) is 2.51. The zero-order chi connectivity index (χ0) is 17.5. The third kappa shape index (κ3) is 3.03. The summed E-state index contributed by atoms with van der Waals surface area (Å²) in [4.78, 5) is 0. The van der Waals surface area contributed by atoms with E-state index in [-0.39, 0.29) is 0 Å². The molecular weight excluding hydrogens is 411 g/mol. The van der Waals surface area contributed by atoms with Gasteiger partial charge in [-0.25, -0.2) is 0 Å². The number of unbranched alkanes of at least 4 members (excludes halogenated alkanes) is 2. The SMILES string of the molecule is CCCCCc1cc(O)c2c(c1I)OC(C)(C)c1ccc(C)cc1-2. The van der Waals surface area contributed by atoms with Crippen LogP contribution in [0.15, 0.2) is 24.3 Å². The van der Waals surface area contributed by atoms with E-state index in [1.54, 1.807) is 0 Å². The molecule has 0 spiro atoms. The van der Waals surface area contributed by atoms with Gasteiger partial charge in [-0.1, -0.05) is 43.5 Å². The van der Waals surface area contributed by atoms with Crippen molar-refractivity contribution in [1.82, 2.24) is 0 Å². The van der Waals surface area contributed by atoms with Crippen molar-refractivity contribution in [3.8, 4) is 22.6 Å². The third-order valence-corrected chi connectivity index (χ3v) is 5.96. The fourth-order valence-electron chi connectivity index (χ4n) is 3.48. The molecule has 1 heterocycles. The van der Waals surface area contributed by atoms with Gasteiger partial charge in [-0.3, -0.25) is 0 Å². The fraction of sp³-hybridized carbons (Fsp3) is 0.429. The molecule has 2 aromatic carbocycles. The minimum Gasteiger partial charge on any atom is -0.507 e. The van der Waals surface area contributed by atoms with E-state index in [0.717, 1.165) is 38.9 Å². The second-order valence-corrected chi connectivity index (χ2v) is 8.27. The normalized spacial score (nSPS) is 14.7. The molecule has 0 saturated carbocycles. The zero-order valence-corrected chi connectivity index (χ0v) is 17.0. The smallest absolute Gasteiger partial charge is 0.145 e. The van der Waals surface area contributed by atoms with Gasteiger partial charge in [-0.2, -0.15) is 0 Å². The molecule has 1 aliphatic heterocycles. The van der Waals surface area contributed by atoms with Crippen LogP contribution in [-0.2, 0) is 12.0 Å². The highest BCUT2D eigenvalue weighted by Gasteiger charge is 2.35. The quantitative estimate of drug-likeness (QED) is 0.448. The summed E-state index contributed by atoms with van der Waals surface area (Å²) in [6.45, 7) is 8.49. The standard InChI is InChI=1S/C21H25IO2/c1-5-6-7-8-14-12-17(23)18-15-11-13(2)9-10-16(15)21(3,4)24-20(18)19(14)22/h9-12,23H,5-8H2,1-4H3. The Hall–Kier alpha value is -1.23. The first-order valence-electron chi connectivity index (χ1n) is 8.70. The van der Waals surface area contributed by atoms with E-state index in [4.69, 9.17) is 4.74 Å². The Kier molecular flexibility index (Phi) is 4.82. The van der Waals surface area contributed by atoms with Gasteiger partial charge in [0.05, 0.1) is 9.13 Å². The highest BCUT2D eigenvalue weighted by Crippen LogP contribution is 2.52. The van der Waals surface area contributed by atoms with Crippen molar-refractivity contribution in [3.05, 3.63) is 44.5 Å². The van der Waals surface area contributed by atoms with Crippen molar-refractivity contribution < 1.29 is 9.84 Å². The van der Waals surface area contributed by atoms with Crippen molar-refractivity contribution in [2.75, 3.05) is 0 Å². The molecule has 1 aliphatic rings. The van der Waals surface area contributed by atoms with Gasteiger partial charge in [0, 0.05) is 5.56 Å². The molecule has 1 N–H and O–H groups in total. The number of hydrogen-bond acceptors (Lipinski definition) is 2. The molecule has 3 heteroatoms. The Morgan fingerprint density at radius 2 is 1.92 bits per heavy atom. The lowest BCUT2D eigenvalue weighted by Gasteiger charge is -2.36. The van der Waals surface area contributed by atoms with E-state index in [1.807, 2.05) is 6.07 Å². The van der Waals surface area contributed by atoms with Gasteiger partial charge >= 0.3 is 0 Å². The summed E-state index contributed by atoms with van der Waals surface area (Å²) in [6, 6.07) is 8.32. The molecule has 0 amide bonds. The van der Waals surface area contributed by atoms with Crippen molar-refractivity contribution in [1.29, 1.82) is 0 Å². The lowest BCUT2D eigenvalue weighted by molar-refractivity contribution is 0.104. The molecular formula is C21H25IO2. The molecule has 0 bridgehead atoms. The number of ether oxygens (including phenoxy) is 1. The van der Waals surface area contributed by atoms with Gasteiger partial charge in [-0.05, 0) is 73.4 Å². The van der Waals surface area contributed by atoms with Crippen LogP contribution in [0.25, 0.3) is 11.1 Å². The molecule has 2 aromatic rings. The topological polar surface area (TPSA) is 29.5 Å². The molecule has 2 nitrogen and oxygen atoms in total. The van der Waals surface area contributed by atoms with E-state index >= 15 is 0 Å². The molecule has 3 rings (SSSR count). The van der Waals surface area contributed by atoms with E-state index in [0.29, 0.717) is 5.75 Å². The van der Waals surface area contributed by atoms with E-state index in [9.17, 15) is 5.11 Å². The van der Waals surface area contributed by atoms with Gasteiger partial charge < -0.3 is 9.84 Å². The summed E-state index contributed by atoms with van der Waals surface area (Å²) in [6.07, 6.45) is 4.53. The molecule has 0 aliphatic carbocycles. The number of phenols is 1. The lowest BCUT2D eigenvalue weighted by atomic mass is 9.84. The number of fused-ring (bicyclic) bond motifs is 3. The molecule has 0 unspecified atom stereocenters. The molecule has 0 aromatic heterocycles. The van der Waals surface area contributed by atoms with Crippen molar-refractivity contribution >= 4 is 22.6 Å². The lowest BCUT2D eigenvalue weighted by Crippen LogP contribution is -2.30. The van der Waals surface area contributed by atoms with Crippen LogP contribution in [0.3, 0.4) is 0 Å². The first-order chi connectivity index (χ1) is 11.3. The van der Waals surface area contributed by atoms with Crippen LogP contribution in [0.1, 0.15) is 56.7 Å². The van der Waals surface area contributed by atoms with E-state index in [1.165, 1.54) is 24.0 Å². The summed E-state index contributed by atoms with van der Waals surface area (Å²) in [5.74, 6) is 1.17. The van der Waals surface area contributed by atoms with Crippen LogP contribution in [0, 0.1) is 10.5 Å². The summed E-state index contributed by atoms with van der Waals surface area (Å²) >= 11 is 2.38. The number of phenolic OH excluding ortho intramolecular Hbond substituents is 1. The van der Waals surface area contributed by atoms with Gasteiger partial charge in [-0.15, -0.1) is 0 Å². The van der Waals surface area contributed by atoms with Crippen molar-refractivity contribution in [2.24, 2.45) is 0 Å². The fourth-order valence-corrected chi connectivity index (χ4v) is 4.28. The Balaban J connectivity index is 2.17. The summed E-state index contributed by atoms with van der Waals surface area (Å²) in [7, 11) is 0. The van der Waals surface area contributed by atoms with Crippen LogP contribution in [-0.4, -0.2) is 5.11 Å². The Morgan fingerprint density at radius 3 is 2.62 bits per heavy atom. The molecule has 0 fully saturated rings. The summed E-state index contributed by atoms with van der Waals surface area (Å²) in [5, 5.41) is 10.7. The predicted molar refractivity (Wildman–Crippen MR) is 108 cm³/mol. The van der Waals surface area contributed by atoms with Crippen molar-refractivity contribution in [2.45, 2.75) is 59.0 Å². The van der Waals surface area contributed by atoms with Crippen LogP contribution in [0.5, 0.6) is 11.5 Å². The van der Waals surface area contributed by atoms with Gasteiger partial charge in [0.15, 0.2) is 0 Å². The first kappa shape index (κ1) is 17.6. The maximum atomic E-state index is 10.7. The molecule has 128 valence electrons. The zero-order valence-electron chi connectivity index (χ0n) is 14.9. The van der Waals surface area contributed by atoms with Crippen LogP contribution >= 0.6 is 22.6 Å². The number of benzene rings is 2. The molecule has 0 atom stereocenters. The number of halogens is 1. The van der Waals surface area contributed by atoms with Gasteiger partial charge in [0.25, 0.3) is 0 Å². The minimum absolute atomic E-state index is 0.333. The first-order valence-corrected chi connectivity index (χ1v) is 9.78. The largest absolute Gasteiger partial charge is 0.507 e. The number of rotatable bonds is 4. The second-order valence-electron chi connectivity index (χ2n) is 7.19. The van der Waals surface area contributed by atoms with Gasteiger partial charge in [0.2, 0.25) is 0 Å². The summed E-state index contributed by atoms with van der Waals surface area (Å²) in [5.41, 5.74) is 5.05. The van der Waals surface area contributed by atoms with Crippen LogP contribution in [0.2, 0.25) is 0 Å². The second kappa shape index (κ2) is 6.58. The highest BCUT2D eigenvalue weighted by atomic mass is 127. The molecule has 0 radical (unpaired) electrons. The molecule has 0 saturated heterocycles. The number of aryl methyl sites for hydroxylation is 2. The van der Waals surface area contributed by atoms with Crippen LogP contribution in [0.4, 0.5) is 0 Å². The monoisotopic (exact) mass is 436 g/mol. The molecule has 24 heavy (non-hydrogen) atoms. The van der Waals surface area contributed by atoms with Gasteiger partial charge in [0.1, 0.15) is 17.1 Å². The maximum absolute atomic E-state index is 10.7. The van der Waals surface area contributed by atoms with Crippen LogP contribution < -0.4 is 4.74 Å². The Labute approximate surface area is 158 Å². The van der Waals surface area contributed by atoms with E-state index in [2.05, 4.69) is 68.5 Å². The predicted octanol–water partition coefficient (Wildman–Crippen LogP) is 6.33. The average molecular weight is 436 g/mol. The highest BCUT2D eigenvalue weighted by molar-refractivity contribution is 14.1. The summed E-state index contributed by atoms with van der Waals surface area (Å²) < 4.78 is 7.51. The number of hydrogen-bond donors (Lipinski definition) is 1. The third-order valence-electron chi connectivity index (χ3n) is 4.78. The minimum atomic E-state index is -0.398. The maximum Gasteiger partial charge on any atom is 0.145 e. The number of aromatic hydroxyl groups is 1. The van der Waals surface area contributed by atoms with E-state index < -0.39 is 5.60 Å². The van der Waals surface area contributed by atoms with Crippen molar-refractivity contribution in [3.63, 3.8) is 0 Å². The Morgan fingerprint density at radius 1 is 1.17 bits per heavy atom. The Bertz CT molecular complexity index is 778.